The van der Waals surface area contributed by atoms with Crippen molar-refractivity contribution in [3.63, 3.8) is 0 Å². The van der Waals surface area contributed by atoms with Crippen molar-refractivity contribution in [1.29, 1.82) is 0 Å². The number of piperazine rings is 1. The van der Waals surface area contributed by atoms with Gasteiger partial charge in [0.2, 0.25) is 10.0 Å². The molecular weight excluding hydrogens is 460 g/mol. The molecule has 174 valence electrons. The SMILES string of the molecule is Cc1ccc2nc(N3CCN(C(=O)c4ccc(S(=O)(=O)N5CCOCC5)cc4)CC3)sc2c1. The van der Waals surface area contributed by atoms with E-state index in [2.05, 4.69) is 24.0 Å². The lowest BCUT2D eigenvalue weighted by atomic mass is 10.2. The average molecular weight is 487 g/mol. The molecule has 1 aromatic heterocycles. The standard InChI is InChI=1S/C23H26N4O4S2/c1-17-2-7-20-21(16-17)32-23(24-20)26-10-8-25(9-11-26)22(28)18-3-5-19(6-4-18)33(29,30)27-12-14-31-15-13-27/h2-7,16H,8-15H2,1H3. The zero-order valence-electron chi connectivity index (χ0n) is 18.4. The van der Waals surface area contributed by atoms with Gasteiger partial charge >= 0.3 is 0 Å². The summed E-state index contributed by atoms with van der Waals surface area (Å²) >= 11 is 1.68. The van der Waals surface area contributed by atoms with Gasteiger partial charge in [0, 0.05) is 44.8 Å². The zero-order chi connectivity index (χ0) is 23.0. The van der Waals surface area contributed by atoms with E-state index in [9.17, 15) is 13.2 Å². The summed E-state index contributed by atoms with van der Waals surface area (Å²) in [6.45, 7) is 6.21. The number of anilines is 1. The summed E-state index contributed by atoms with van der Waals surface area (Å²) in [4.78, 5) is 22.0. The maximum Gasteiger partial charge on any atom is 0.253 e. The van der Waals surface area contributed by atoms with Gasteiger partial charge in [0.15, 0.2) is 5.13 Å². The zero-order valence-corrected chi connectivity index (χ0v) is 20.1. The number of nitrogens with zero attached hydrogens (tertiary/aromatic N) is 4. The van der Waals surface area contributed by atoms with Crippen molar-refractivity contribution in [2.75, 3.05) is 57.4 Å². The molecule has 0 atom stereocenters. The minimum absolute atomic E-state index is 0.0788. The van der Waals surface area contributed by atoms with Gasteiger partial charge in [-0.2, -0.15) is 4.31 Å². The number of aryl methyl sites for hydroxylation is 1. The number of amides is 1. The molecule has 3 aromatic rings. The molecule has 5 rings (SSSR count). The molecule has 8 nitrogen and oxygen atoms in total. The Balaban J connectivity index is 1.23. The number of carbonyl (C=O) groups excluding carboxylic acids is 1. The first-order chi connectivity index (χ1) is 15.9. The molecule has 1 amide bonds. The predicted octanol–water partition coefficient (Wildman–Crippen LogP) is 2.59. The fourth-order valence-corrected chi connectivity index (χ4v) is 6.67. The van der Waals surface area contributed by atoms with Crippen molar-refractivity contribution < 1.29 is 17.9 Å². The van der Waals surface area contributed by atoms with E-state index in [0.29, 0.717) is 58.0 Å². The molecule has 2 fully saturated rings. The van der Waals surface area contributed by atoms with Crippen LogP contribution in [0.3, 0.4) is 0 Å². The minimum atomic E-state index is -3.57. The topological polar surface area (TPSA) is 83.1 Å². The lowest BCUT2D eigenvalue weighted by Crippen LogP contribution is -2.48. The Morgan fingerprint density at radius 2 is 1.67 bits per heavy atom. The fraction of sp³-hybridized carbons (Fsp3) is 0.391. The maximum atomic E-state index is 13.0. The molecule has 0 saturated carbocycles. The average Bonchev–Trinajstić information content (AvgIpc) is 3.27. The molecule has 2 saturated heterocycles. The Labute approximate surface area is 197 Å². The van der Waals surface area contributed by atoms with Crippen molar-refractivity contribution in [3.05, 3.63) is 53.6 Å². The van der Waals surface area contributed by atoms with Crippen LogP contribution < -0.4 is 4.90 Å². The lowest BCUT2D eigenvalue weighted by Gasteiger charge is -2.34. The van der Waals surface area contributed by atoms with Gasteiger partial charge in [0.05, 0.1) is 28.3 Å². The molecule has 2 aliphatic rings. The highest BCUT2D eigenvalue weighted by molar-refractivity contribution is 7.89. The van der Waals surface area contributed by atoms with Gasteiger partial charge in [-0.15, -0.1) is 0 Å². The predicted molar refractivity (Wildman–Crippen MR) is 128 cm³/mol. The van der Waals surface area contributed by atoms with Crippen LogP contribution in [0.25, 0.3) is 10.2 Å². The van der Waals surface area contributed by atoms with E-state index in [1.807, 2.05) is 11.0 Å². The molecule has 2 aliphatic heterocycles. The largest absolute Gasteiger partial charge is 0.379 e. The number of ether oxygens (including phenoxy) is 1. The highest BCUT2D eigenvalue weighted by Crippen LogP contribution is 2.30. The number of benzene rings is 2. The van der Waals surface area contributed by atoms with Gasteiger partial charge in [-0.05, 0) is 48.9 Å². The van der Waals surface area contributed by atoms with Crippen LogP contribution in [0.15, 0.2) is 47.4 Å². The second-order valence-electron chi connectivity index (χ2n) is 8.29. The van der Waals surface area contributed by atoms with E-state index in [4.69, 9.17) is 9.72 Å². The lowest BCUT2D eigenvalue weighted by molar-refractivity contribution is 0.0730. The molecule has 0 N–H and O–H groups in total. The summed E-state index contributed by atoms with van der Waals surface area (Å²) < 4.78 is 33.4. The van der Waals surface area contributed by atoms with Gasteiger partial charge in [0.25, 0.3) is 5.91 Å². The number of rotatable bonds is 4. The van der Waals surface area contributed by atoms with E-state index in [0.717, 1.165) is 10.6 Å². The Hall–Kier alpha value is -2.53. The van der Waals surface area contributed by atoms with Crippen molar-refractivity contribution in [3.8, 4) is 0 Å². The van der Waals surface area contributed by atoms with Crippen molar-refractivity contribution in [1.82, 2.24) is 14.2 Å². The Morgan fingerprint density at radius 3 is 2.36 bits per heavy atom. The van der Waals surface area contributed by atoms with Crippen LogP contribution in [0, 0.1) is 6.92 Å². The molecule has 33 heavy (non-hydrogen) atoms. The first kappa shape index (κ1) is 22.3. The van der Waals surface area contributed by atoms with Gasteiger partial charge < -0.3 is 14.5 Å². The van der Waals surface area contributed by atoms with Crippen molar-refractivity contribution >= 4 is 42.6 Å². The van der Waals surface area contributed by atoms with Crippen LogP contribution in [-0.2, 0) is 14.8 Å². The molecule has 2 aromatic carbocycles. The van der Waals surface area contributed by atoms with Crippen LogP contribution in [0.4, 0.5) is 5.13 Å². The third-order valence-electron chi connectivity index (χ3n) is 6.08. The number of fused-ring (bicyclic) bond motifs is 1. The number of hydrogen-bond acceptors (Lipinski definition) is 7. The third kappa shape index (κ3) is 4.48. The van der Waals surface area contributed by atoms with Crippen LogP contribution >= 0.6 is 11.3 Å². The van der Waals surface area contributed by atoms with Crippen LogP contribution in [0.2, 0.25) is 0 Å². The summed E-state index contributed by atoms with van der Waals surface area (Å²) in [5.74, 6) is -0.0788. The summed E-state index contributed by atoms with van der Waals surface area (Å²) in [5.41, 5.74) is 2.72. The van der Waals surface area contributed by atoms with E-state index in [-0.39, 0.29) is 10.8 Å². The Bertz CT molecular complexity index is 1260. The molecule has 0 unspecified atom stereocenters. The summed E-state index contributed by atoms with van der Waals surface area (Å²) in [6, 6.07) is 12.5. The number of morpholine rings is 1. The fourth-order valence-electron chi connectivity index (χ4n) is 4.14. The molecule has 0 aliphatic carbocycles. The van der Waals surface area contributed by atoms with Crippen LogP contribution in [0.1, 0.15) is 15.9 Å². The highest BCUT2D eigenvalue weighted by atomic mass is 32.2. The smallest absolute Gasteiger partial charge is 0.253 e. The molecule has 3 heterocycles. The highest BCUT2D eigenvalue weighted by Gasteiger charge is 2.28. The van der Waals surface area contributed by atoms with Gasteiger partial charge in [-0.1, -0.05) is 17.4 Å². The minimum Gasteiger partial charge on any atom is -0.379 e. The third-order valence-corrected chi connectivity index (χ3v) is 9.07. The van der Waals surface area contributed by atoms with E-state index >= 15 is 0 Å². The monoisotopic (exact) mass is 486 g/mol. The van der Waals surface area contributed by atoms with E-state index in [1.165, 1.54) is 26.7 Å². The van der Waals surface area contributed by atoms with E-state index < -0.39 is 10.0 Å². The second kappa shape index (κ2) is 9.02. The Kier molecular flexibility index (Phi) is 6.09. The summed E-state index contributed by atoms with van der Waals surface area (Å²) in [5, 5.41) is 0.986. The molecular formula is C23H26N4O4S2. The van der Waals surface area contributed by atoms with Crippen LogP contribution in [0.5, 0.6) is 0 Å². The van der Waals surface area contributed by atoms with Gasteiger partial charge in [-0.25, -0.2) is 13.4 Å². The van der Waals surface area contributed by atoms with Gasteiger partial charge in [-0.3, -0.25) is 4.79 Å². The maximum absolute atomic E-state index is 13.0. The summed E-state index contributed by atoms with van der Waals surface area (Å²) in [7, 11) is -3.57. The number of carbonyl (C=O) groups is 1. The number of hydrogen-bond donors (Lipinski definition) is 0. The van der Waals surface area contributed by atoms with Crippen molar-refractivity contribution in [2.24, 2.45) is 0 Å². The van der Waals surface area contributed by atoms with Crippen LogP contribution in [-0.4, -0.2) is 81.0 Å². The van der Waals surface area contributed by atoms with Gasteiger partial charge in [0.1, 0.15) is 0 Å². The first-order valence-corrected chi connectivity index (χ1v) is 13.3. The quantitative estimate of drug-likeness (QED) is 0.564. The molecule has 10 heteroatoms. The van der Waals surface area contributed by atoms with E-state index in [1.54, 1.807) is 23.5 Å². The number of sulfonamides is 1. The molecule has 0 spiro atoms. The second-order valence-corrected chi connectivity index (χ2v) is 11.2. The molecule has 0 radical (unpaired) electrons. The summed E-state index contributed by atoms with van der Waals surface area (Å²) in [6.07, 6.45) is 0. The Morgan fingerprint density at radius 1 is 0.970 bits per heavy atom. The molecule has 0 bridgehead atoms. The first-order valence-electron chi connectivity index (χ1n) is 11.0. The number of aromatic nitrogens is 1. The van der Waals surface area contributed by atoms with Crippen molar-refractivity contribution in [2.45, 2.75) is 11.8 Å². The normalized spacial score (nSPS) is 18.1. The number of thiazole rings is 1.